The molecule has 0 radical (unpaired) electrons. The van der Waals surface area contributed by atoms with Crippen LogP contribution in [0.15, 0.2) is 83.3 Å². The van der Waals surface area contributed by atoms with Crippen LogP contribution in [0.2, 0.25) is 5.02 Å². The van der Waals surface area contributed by atoms with Crippen LogP contribution in [0.3, 0.4) is 0 Å². The third-order valence-corrected chi connectivity index (χ3v) is 7.55. The van der Waals surface area contributed by atoms with Gasteiger partial charge in [0.25, 0.3) is 10.0 Å². The van der Waals surface area contributed by atoms with E-state index in [0.717, 1.165) is 22.5 Å². The number of allylic oxidation sites excluding steroid dienone is 1. The summed E-state index contributed by atoms with van der Waals surface area (Å²) in [6.07, 6.45) is 2.22. The van der Waals surface area contributed by atoms with Crippen LogP contribution < -0.4 is 14.4 Å². The summed E-state index contributed by atoms with van der Waals surface area (Å²) < 4.78 is 62.7. The maximum Gasteiger partial charge on any atom is 0.264 e. The van der Waals surface area contributed by atoms with Gasteiger partial charge in [0.15, 0.2) is 0 Å². The van der Waals surface area contributed by atoms with Gasteiger partial charge in [0.1, 0.15) is 17.4 Å². The number of carbonyl (C=O) groups is 1. The number of nitrogens with zero attached hydrogens (tertiary/aromatic N) is 1. The number of carbonyl (C=O) groups excluding carboxylic acids is 1. The van der Waals surface area contributed by atoms with E-state index >= 15 is 0 Å². The summed E-state index contributed by atoms with van der Waals surface area (Å²) in [6, 6.07) is 14.8. The van der Waals surface area contributed by atoms with E-state index in [9.17, 15) is 22.0 Å². The highest BCUT2D eigenvalue weighted by atomic mass is 35.5. The predicted octanol–water partition coefficient (Wildman–Crippen LogP) is 5.87. The minimum Gasteiger partial charge on any atom is -0.493 e. The molecule has 0 aliphatic carbocycles. The molecule has 0 saturated heterocycles. The summed E-state index contributed by atoms with van der Waals surface area (Å²) in [7, 11) is -4.31. The number of rotatable bonds is 11. The molecular weight excluding hydrogens is 522 g/mol. The van der Waals surface area contributed by atoms with Crippen molar-refractivity contribution in [1.82, 2.24) is 5.32 Å². The zero-order valence-corrected chi connectivity index (χ0v) is 22.0. The summed E-state index contributed by atoms with van der Waals surface area (Å²) in [5.41, 5.74) is 0.613. The third-order valence-electron chi connectivity index (χ3n) is 5.52. The van der Waals surface area contributed by atoms with Crippen LogP contribution in [0, 0.1) is 11.6 Å². The van der Waals surface area contributed by atoms with Gasteiger partial charge in [0.2, 0.25) is 5.91 Å². The average molecular weight is 549 g/mol. The summed E-state index contributed by atoms with van der Waals surface area (Å²) in [6.45, 7) is 3.80. The highest BCUT2D eigenvalue weighted by molar-refractivity contribution is 7.92. The molecule has 37 heavy (non-hydrogen) atoms. The van der Waals surface area contributed by atoms with Crippen LogP contribution in [0.1, 0.15) is 25.8 Å². The molecule has 0 unspecified atom stereocenters. The maximum atomic E-state index is 14.8. The topological polar surface area (TPSA) is 75.7 Å². The van der Waals surface area contributed by atoms with E-state index in [-0.39, 0.29) is 24.0 Å². The number of para-hydroxylation sites is 1. The van der Waals surface area contributed by atoms with Gasteiger partial charge in [-0.2, -0.15) is 0 Å². The first-order chi connectivity index (χ1) is 17.6. The first kappa shape index (κ1) is 28.1. The summed E-state index contributed by atoms with van der Waals surface area (Å²) in [4.78, 5) is 11.7. The van der Waals surface area contributed by atoms with E-state index in [1.54, 1.807) is 44.2 Å². The molecule has 10 heteroatoms. The van der Waals surface area contributed by atoms with Gasteiger partial charge in [-0.25, -0.2) is 17.2 Å². The van der Waals surface area contributed by atoms with Crippen molar-refractivity contribution in [2.45, 2.75) is 31.7 Å². The highest BCUT2D eigenvalue weighted by Gasteiger charge is 2.29. The van der Waals surface area contributed by atoms with Gasteiger partial charge < -0.3 is 10.1 Å². The monoisotopic (exact) mass is 548 g/mol. The molecule has 6 nitrogen and oxygen atoms in total. The number of anilines is 1. The second-order valence-electron chi connectivity index (χ2n) is 8.10. The molecular formula is C27H27ClF2N2O4S. The number of benzene rings is 3. The van der Waals surface area contributed by atoms with Crippen molar-refractivity contribution in [3.8, 4) is 5.75 Å². The lowest BCUT2D eigenvalue weighted by Gasteiger charge is -2.26. The van der Waals surface area contributed by atoms with Crippen molar-refractivity contribution in [3.05, 3.63) is 101 Å². The Morgan fingerprint density at radius 1 is 1.08 bits per heavy atom. The van der Waals surface area contributed by atoms with Crippen molar-refractivity contribution < 1.29 is 26.7 Å². The maximum absolute atomic E-state index is 14.8. The number of hydrogen-bond donors (Lipinski definition) is 1. The third kappa shape index (κ3) is 7.30. The second kappa shape index (κ2) is 12.7. The molecule has 0 bridgehead atoms. The number of ether oxygens (including phenoxy) is 1. The summed E-state index contributed by atoms with van der Waals surface area (Å²) >= 11 is 5.91. The molecule has 0 saturated carbocycles. The lowest BCUT2D eigenvalue weighted by Crippen LogP contribution is -2.31. The zero-order valence-electron chi connectivity index (χ0n) is 20.4. The van der Waals surface area contributed by atoms with Gasteiger partial charge in [-0.3, -0.25) is 9.10 Å². The smallest absolute Gasteiger partial charge is 0.264 e. The fourth-order valence-electron chi connectivity index (χ4n) is 3.37. The Labute approximate surface area is 220 Å². The number of hydrogen-bond acceptors (Lipinski definition) is 4. The molecule has 0 aromatic heterocycles. The van der Waals surface area contributed by atoms with E-state index in [1.165, 1.54) is 24.3 Å². The molecule has 196 valence electrons. The van der Waals surface area contributed by atoms with Gasteiger partial charge >= 0.3 is 0 Å². The van der Waals surface area contributed by atoms with Crippen LogP contribution >= 0.6 is 11.6 Å². The van der Waals surface area contributed by atoms with Crippen molar-refractivity contribution in [2.75, 3.05) is 17.5 Å². The average Bonchev–Trinajstić information content (AvgIpc) is 2.88. The van der Waals surface area contributed by atoms with E-state index in [0.29, 0.717) is 34.9 Å². The van der Waals surface area contributed by atoms with Crippen LogP contribution in [-0.2, 0) is 21.4 Å². The Kier molecular flexibility index (Phi) is 9.66. The minimum atomic E-state index is -4.31. The lowest BCUT2D eigenvalue weighted by atomic mass is 10.2. The van der Waals surface area contributed by atoms with E-state index in [4.69, 9.17) is 16.3 Å². The van der Waals surface area contributed by atoms with Crippen molar-refractivity contribution in [3.63, 3.8) is 0 Å². The molecule has 1 N–H and O–H groups in total. The molecule has 0 aliphatic rings. The molecule has 1 amide bonds. The Hall–Kier alpha value is -3.43. The fraction of sp³-hybridized carbons (Fsp3) is 0.222. The first-order valence-corrected chi connectivity index (χ1v) is 13.3. The van der Waals surface area contributed by atoms with Gasteiger partial charge in [-0.15, -0.1) is 0 Å². The molecule has 0 atom stereocenters. The second-order valence-corrected chi connectivity index (χ2v) is 10.4. The predicted molar refractivity (Wildman–Crippen MR) is 140 cm³/mol. The van der Waals surface area contributed by atoms with E-state index in [2.05, 4.69) is 5.32 Å². The number of amides is 1. The molecule has 0 spiro atoms. The molecule has 0 heterocycles. The van der Waals surface area contributed by atoms with Crippen LogP contribution in [0.5, 0.6) is 5.75 Å². The molecule has 3 rings (SSSR count). The van der Waals surface area contributed by atoms with Crippen molar-refractivity contribution >= 4 is 33.2 Å². The minimum absolute atomic E-state index is 0.133. The Morgan fingerprint density at radius 2 is 1.78 bits per heavy atom. The molecule has 3 aromatic carbocycles. The largest absolute Gasteiger partial charge is 0.493 e. The summed E-state index contributed by atoms with van der Waals surface area (Å²) in [5, 5.41) is 3.11. The number of halogens is 3. The van der Waals surface area contributed by atoms with Crippen LogP contribution in [-0.4, -0.2) is 27.5 Å². The highest BCUT2D eigenvalue weighted by Crippen LogP contribution is 2.31. The fourth-order valence-corrected chi connectivity index (χ4v) is 4.94. The standard InChI is InChI=1S/C27H27ClF2N2O4S/c1-3-19(2)27(33)31-15-6-16-36-26-8-5-4-7-20(26)18-32(25-17-22(29)11-14-24(25)30)37(34,35)23-12-9-21(28)10-13-23/h3-5,7-14,17H,6,15-16,18H2,1-2H3,(H,31,33). The van der Waals surface area contributed by atoms with E-state index in [1.807, 2.05) is 0 Å². The Morgan fingerprint density at radius 3 is 2.49 bits per heavy atom. The van der Waals surface area contributed by atoms with Gasteiger partial charge in [0, 0.05) is 28.8 Å². The first-order valence-electron chi connectivity index (χ1n) is 11.5. The molecule has 0 fully saturated rings. The normalized spacial score (nSPS) is 11.8. The van der Waals surface area contributed by atoms with Crippen molar-refractivity contribution in [1.29, 1.82) is 0 Å². The number of sulfonamides is 1. The van der Waals surface area contributed by atoms with Gasteiger partial charge in [-0.1, -0.05) is 35.9 Å². The number of nitrogens with one attached hydrogen (secondary N) is 1. The van der Waals surface area contributed by atoms with Crippen molar-refractivity contribution in [2.24, 2.45) is 0 Å². The van der Waals surface area contributed by atoms with E-state index < -0.39 is 27.3 Å². The SMILES string of the molecule is CC=C(C)C(=O)NCCCOc1ccccc1CN(c1cc(F)ccc1F)S(=O)(=O)c1ccc(Cl)cc1. The molecule has 0 aliphatic heterocycles. The summed E-state index contributed by atoms with van der Waals surface area (Å²) in [5.74, 6) is -1.47. The van der Waals surface area contributed by atoms with Crippen LogP contribution in [0.25, 0.3) is 0 Å². The quantitative estimate of drug-likeness (QED) is 0.240. The Bertz CT molecular complexity index is 1380. The molecule has 3 aromatic rings. The van der Waals surface area contributed by atoms with Gasteiger partial charge in [-0.05, 0) is 62.7 Å². The van der Waals surface area contributed by atoms with Gasteiger partial charge in [0.05, 0.1) is 23.7 Å². The van der Waals surface area contributed by atoms with Crippen LogP contribution in [0.4, 0.5) is 14.5 Å². The Balaban J connectivity index is 1.86. The lowest BCUT2D eigenvalue weighted by molar-refractivity contribution is -0.117. The zero-order chi connectivity index (χ0) is 27.0.